The predicted molar refractivity (Wildman–Crippen MR) is 79.8 cm³/mol. The van der Waals surface area contributed by atoms with Gasteiger partial charge >= 0.3 is 6.18 Å². The van der Waals surface area contributed by atoms with E-state index in [4.69, 9.17) is 4.52 Å². The summed E-state index contributed by atoms with van der Waals surface area (Å²) >= 11 is 0. The van der Waals surface area contributed by atoms with Crippen LogP contribution in [0, 0.1) is 0 Å². The number of hydrogen-bond acceptors (Lipinski definition) is 5. The van der Waals surface area contributed by atoms with Crippen molar-refractivity contribution in [2.45, 2.75) is 19.6 Å². The van der Waals surface area contributed by atoms with Crippen LogP contribution in [-0.2, 0) is 17.5 Å². The SMILES string of the molecule is CCNC(=O)CN(C)Cc1nc(-c2cccc(C(F)(F)F)c2)no1. The quantitative estimate of drug-likeness (QED) is 0.872. The van der Waals surface area contributed by atoms with E-state index in [1.54, 1.807) is 11.9 Å². The fourth-order valence-corrected chi connectivity index (χ4v) is 2.06. The molecule has 2 aromatic rings. The average Bonchev–Trinajstić information content (AvgIpc) is 2.95. The van der Waals surface area contributed by atoms with E-state index in [-0.39, 0.29) is 36.3 Å². The highest BCUT2D eigenvalue weighted by Gasteiger charge is 2.30. The lowest BCUT2D eigenvalue weighted by atomic mass is 10.1. The van der Waals surface area contributed by atoms with Gasteiger partial charge in [0.1, 0.15) is 0 Å². The van der Waals surface area contributed by atoms with Crippen molar-refractivity contribution in [3.63, 3.8) is 0 Å². The third-order valence-corrected chi connectivity index (χ3v) is 3.11. The second-order valence-corrected chi connectivity index (χ2v) is 5.22. The van der Waals surface area contributed by atoms with Gasteiger partial charge in [0.05, 0.1) is 18.7 Å². The number of amides is 1. The molecule has 0 bridgehead atoms. The molecule has 0 spiro atoms. The monoisotopic (exact) mass is 342 g/mol. The van der Waals surface area contributed by atoms with Gasteiger partial charge < -0.3 is 9.84 Å². The van der Waals surface area contributed by atoms with E-state index in [0.717, 1.165) is 12.1 Å². The van der Waals surface area contributed by atoms with Gasteiger partial charge in [0.25, 0.3) is 0 Å². The van der Waals surface area contributed by atoms with Crippen LogP contribution in [0.15, 0.2) is 28.8 Å². The number of rotatable bonds is 6. The Morgan fingerprint density at radius 1 is 1.38 bits per heavy atom. The van der Waals surface area contributed by atoms with Crippen molar-refractivity contribution in [3.8, 4) is 11.4 Å². The molecule has 0 atom stereocenters. The third-order valence-electron chi connectivity index (χ3n) is 3.11. The maximum absolute atomic E-state index is 12.7. The Bertz CT molecular complexity index is 700. The topological polar surface area (TPSA) is 71.3 Å². The summed E-state index contributed by atoms with van der Waals surface area (Å²) < 4.78 is 43.2. The van der Waals surface area contributed by atoms with Crippen molar-refractivity contribution in [1.29, 1.82) is 0 Å². The van der Waals surface area contributed by atoms with Crippen molar-refractivity contribution >= 4 is 5.91 Å². The molecule has 0 saturated heterocycles. The Labute approximate surface area is 136 Å². The molecule has 9 heteroatoms. The van der Waals surface area contributed by atoms with Crippen LogP contribution in [0.3, 0.4) is 0 Å². The molecule has 0 aliphatic heterocycles. The molecule has 0 aliphatic carbocycles. The van der Waals surface area contributed by atoms with Crippen LogP contribution < -0.4 is 5.32 Å². The molecule has 1 aromatic carbocycles. The van der Waals surface area contributed by atoms with Crippen molar-refractivity contribution in [1.82, 2.24) is 20.4 Å². The second-order valence-electron chi connectivity index (χ2n) is 5.22. The summed E-state index contributed by atoms with van der Waals surface area (Å²) in [5.41, 5.74) is -0.564. The molecule has 6 nitrogen and oxygen atoms in total. The van der Waals surface area contributed by atoms with E-state index >= 15 is 0 Å². The van der Waals surface area contributed by atoms with Gasteiger partial charge in [-0.15, -0.1) is 0 Å². The summed E-state index contributed by atoms with van der Waals surface area (Å²) in [5, 5.41) is 6.36. The summed E-state index contributed by atoms with van der Waals surface area (Å²) in [6.45, 7) is 2.71. The van der Waals surface area contributed by atoms with Gasteiger partial charge in [0.15, 0.2) is 0 Å². The Balaban J connectivity index is 2.07. The van der Waals surface area contributed by atoms with Gasteiger partial charge in [0, 0.05) is 12.1 Å². The zero-order valence-electron chi connectivity index (χ0n) is 13.2. The van der Waals surface area contributed by atoms with E-state index in [1.165, 1.54) is 12.1 Å². The number of likely N-dealkylation sites (N-methyl/N-ethyl adjacent to an activating group) is 2. The fraction of sp³-hybridized carbons (Fsp3) is 0.400. The molecular formula is C15H17F3N4O2. The molecule has 130 valence electrons. The molecule has 2 rings (SSSR count). The minimum atomic E-state index is -4.44. The lowest BCUT2D eigenvalue weighted by Crippen LogP contribution is -2.34. The van der Waals surface area contributed by atoms with Crippen LogP contribution in [-0.4, -0.2) is 41.1 Å². The number of carbonyl (C=O) groups is 1. The van der Waals surface area contributed by atoms with E-state index in [1.807, 2.05) is 6.92 Å². The molecule has 1 amide bonds. The predicted octanol–water partition coefficient (Wildman–Crippen LogP) is 2.32. The van der Waals surface area contributed by atoms with Gasteiger partial charge in [-0.1, -0.05) is 17.3 Å². The minimum Gasteiger partial charge on any atom is -0.355 e. The van der Waals surface area contributed by atoms with Gasteiger partial charge in [0.2, 0.25) is 17.6 Å². The lowest BCUT2D eigenvalue weighted by molar-refractivity contribution is -0.137. The highest BCUT2D eigenvalue weighted by atomic mass is 19.4. The van der Waals surface area contributed by atoms with E-state index in [2.05, 4.69) is 15.5 Å². The molecule has 1 aromatic heterocycles. The van der Waals surface area contributed by atoms with E-state index in [0.29, 0.717) is 6.54 Å². The summed E-state index contributed by atoms with van der Waals surface area (Å²) in [5.74, 6) is 0.148. The number of nitrogens with one attached hydrogen (secondary N) is 1. The summed E-state index contributed by atoms with van der Waals surface area (Å²) in [4.78, 5) is 17.2. The van der Waals surface area contributed by atoms with Gasteiger partial charge in [-0.2, -0.15) is 18.2 Å². The Morgan fingerprint density at radius 2 is 2.12 bits per heavy atom. The Morgan fingerprint density at radius 3 is 2.79 bits per heavy atom. The van der Waals surface area contributed by atoms with Gasteiger partial charge in [-0.25, -0.2) is 0 Å². The number of nitrogens with zero attached hydrogens (tertiary/aromatic N) is 3. The van der Waals surface area contributed by atoms with E-state index in [9.17, 15) is 18.0 Å². The molecular weight excluding hydrogens is 325 g/mol. The normalized spacial score (nSPS) is 11.8. The maximum Gasteiger partial charge on any atom is 0.416 e. The highest BCUT2D eigenvalue weighted by molar-refractivity contribution is 5.77. The summed E-state index contributed by atoms with van der Waals surface area (Å²) in [7, 11) is 1.70. The number of hydrogen-bond donors (Lipinski definition) is 1. The molecule has 1 heterocycles. The lowest BCUT2D eigenvalue weighted by Gasteiger charge is -2.12. The molecule has 0 radical (unpaired) electrons. The van der Waals surface area contributed by atoms with Crippen LogP contribution >= 0.6 is 0 Å². The number of carbonyl (C=O) groups excluding carboxylic acids is 1. The first-order valence-corrected chi connectivity index (χ1v) is 7.25. The van der Waals surface area contributed by atoms with Gasteiger partial charge in [-0.05, 0) is 26.1 Å². The zero-order chi connectivity index (χ0) is 17.7. The molecule has 0 unspecified atom stereocenters. The van der Waals surface area contributed by atoms with Crippen LogP contribution in [0.1, 0.15) is 18.4 Å². The Hall–Kier alpha value is -2.42. The molecule has 1 N–H and O–H groups in total. The summed E-state index contributed by atoms with van der Waals surface area (Å²) in [6, 6.07) is 4.70. The average molecular weight is 342 g/mol. The van der Waals surface area contributed by atoms with Crippen LogP contribution in [0.2, 0.25) is 0 Å². The smallest absolute Gasteiger partial charge is 0.355 e. The van der Waals surface area contributed by atoms with Crippen molar-refractivity contribution in [2.24, 2.45) is 0 Å². The maximum atomic E-state index is 12.7. The van der Waals surface area contributed by atoms with Crippen molar-refractivity contribution in [2.75, 3.05) is 20.1 Å². The molecule has 24 heavy (non-hydrogen) atoms. The fourth-order valence-electron chi connectivity index (χ4n) is 2.06. The van der Waals surface area contributed by atoms with Crippen LogP contribution in [0.5, 0.6) is 0 Å². The standard InChI is InChI=1S/C15H17F3N4O2/c1-3-19-12(23)8-22(2)9-13-20-14(21-24-13)10-5-4-6-11(7-10)15(16,17)18/h4-7H,3,8-9H2,1-2H3,(H,19,23). The number of benzene rings is 1. The molecule has 0 aliphatic rings. The van der Waals surface area contributed by atoms with Crippen LogP contribution in [0.4, 0.5) is 13.2 Å². The molecule has 0 saturated carbocycles. The minimum absolute atomic E-state index is 0.0718. The number of halogens is 3. The first-order valence-electron chi connectivity index (χ1n) is 7.25. The number of aromatic nitrogens is 2. The van der Waals surface area contributed by atoms with Crippen molar-refractivity contribution in [3.05, 3.63) is 35.7 Å². The van der Waals surface area contributed by atoms with E-state index < -0.39 is 11.7 Å². The highest BCUT2D eigenvalue weighted by Crippen LogP contribution is 2.31. The second kappa shape index (κ2) is 7.43. The van der Waals surface area contributed by atoms with Gasteiger partial charge in [-0.3, -0.25) is 9.69 Å². The Kier molecular flexibility index (Phi) is 5.55. The third kappa shape index (κ3) is 4.79. The summed E-state index contributed by atoms with van der Waals surface area (Å²) in [6.07, 6.45) is -4.44. The first-order chi connectivity index (χ1) is 11.3. The zero-order valence-corrected chi connectivity index (χ0v) is 13.2. The van der Waals surface area contributed by atoms with Crippen molar-refractivity contribution < 1.29 is 22.5 Å². The first kappa shape index (κ1) is 17.9. The number of alkyl halides is 3. The largest absolute Gasteiger partial charge is 0.416 e. The van der Waals surface area contributed by atoms with Crippen LogP contribution in [0.25, 0.3) is 11.4 Å². The molecule has 0 fully saturated rings.